The van der Waals surface area contributed by atoms with Crippen molar-refractivity contribution in [2.24, 2.45) is 5.92 Å². The number of phenols is 1. The maximum absolute atomic E-state index is 11.8. The molecule has 1 aromatic rings. The van der Waals surface area contributed by atoms with Gasteiger partial charge in [-0.2, -0.15) is 0 Å². The van der Waals surface area contributed by atoms with Crippen LogP contribution in [0, 0.1) is 5.92 Å². The molecule has 0 bridgehead atoms. The molecule has 1 rings (SSSR count). The van der Waals surface area contributed by atoms with Crippen LogP contribution in [0.15, 0.2) is 18.2 Å². The molecule has 0 aliphatic heterocycles. The van der Waals surface area contributed by atoms with E-state index in [1.165, 1.54) is 7.11 Å². The average Bonchev–Trinajstić information content (AvgIpc) is 2.43. The Bertz CT molecular complexity index is 447. The van der Waals surface area contributed by atoms with E-state index in [2.05, 4.69) is 24.5 Å². The predicted octanol–water partition coefficient (Wildman–Crippen LogP) is 1.65. The highest BCUT2D eigenvalue weighted by Crippen LogP contribution is 2.26. The molecule has 1 amide bonds. The van der Waals surface area contributed by atoms with Gasteiger partial charge in [-0.05, 0) is 30.5 Å². The maximum atomic E-state index is 11.8. The van der Waals surface area contributed by atoms with Crippen molar-refractivity contribution >= 4 is 5.91 Å². The molecular formula is C15H24N2O3. The molecule has 0 aliphatic carbocycles. The van der Waals surface area contributed by atoms with Crippen molar-refractivity contribution in [3.63, 3.8) is 0 Å². The molecule has 0 saturated carbocycles. The van der Waals surface area contributed by atoms with Gasteiger partial charge in [-0.3, -0.25) is 4.79 Å². The van der Waals surface area contributed by atoms with Crippen LogP contribution in [0.4, 0.5) is 0 Å². The molecule has 1 atom stereocenters. The first-order valence-electron chi connectivity index (χ1n) is 6.81. The predicted molar refractivity (Wildman–Crippen MR) is 78.8 cm³/mol. The number of phenolic OH excluding ortho intramolecular Hbond substituents is 1. The summed E-state index contributed by atoms with van der Waals surface area (Å²) in [5.41, 5.74) is 0.947. The van der Waals surface area contributed by atoms with Gasteiger partial charge in [0, 0.05) is 13.1 Å². The largest absolute Gasteiger partial charge is 0.504 e. The topological polar surface area (TPSA) is 70.6 Å². The minimum atomic E-state index is -0.270. The highest BCUT2D eigenvalue weighted by atomic mass is 16.5. The number of nitrogens with one attached hydrogen (secondary N) is 2. The van der Waals surface area contributed by atoms with Crippen LogP contribution in [0.5, 0.6) is 11.5 Å². The van der Waals surface area contributed by atoms with Gasteiger partial charge in [0.2, 0.25) is 5.91 Å². The fraction of sp³-hybridized carbons (Fsp3) is 0.533. The van der Waals surface area contributed by atoms with Crippen LogP contribution in [0.2, 0.25) is 0 Å². The van der Waals surface area contributed by atoms with Crippen molar-refractivity contribution in [3.05, 3.63) is 23.8 Å². The second-order valence-corrected chi connectivity index (χ2v) is 5.25. The third kappa shape index (κ3) is 5.09. The Morgan fingerprint density at radius 3 is 2.65 bits per heavy atom. The lowest BCUT2D eigenvalue weighted by Gasteiger charge is -2.15. The van der Waals surface area contributed by atoms with E-state index >= 15 is 0 Å². The van der Waals surface area contributed by atoms with Gasteiger partial charge < -0.3 is 20.5 Å². The minimum Gasteiger partial charge on any atom is -0.504 e. The van der Waals surface area contributed by atoms with Crippen LogP contribution in [0.3, 0.4) is 0 Å². The fourth-order valence-electron chi connectivity index (χ4n) is 1.65. The Morgan fingerprint density at radius 2 is 2.05 bits per heavy atom. The molecule has 0 spiro atoms. The SMILES string of the molecule is COc1cc(CNC(C)C(=O)NCC(C)C)ccc1O. The van der Waals surface area contributed by atoms with Gasteiger partial charge in [0.1, 0.15) is 0 Å². The van der Waals surface area contributed by atoms with Crippen molar-refractivity contribution in [1.29, 1.82) is 0 Å². The van der Waals surface area contributed by atoms with E-state index in [4.69, 9.17) is 4.74 Å². The summed E-state index contributed by atoms with van der Waals surface area (Å²) in [4.78, 5) is 11.8. The maximum Gasteiger partial charge on any atom is 0.236 e. The zero-order valence-corrected chi connectivity index (χ0v) is 12.6. The first kappa shape index (κ1) is 16.3. The van der Waals surface area contributed by atoms with Crippen molar-refractivity contribution in [2.45, 2.75) is 33.4 Å². The summed E-state index contributed by atoms with van der Waals surface area (Å²) < 4.78 is 5.05. The molecule has 1 aromatic carbocycles. The number of methoxy groups -OCH3 is 1. The summed E-state index contributed by atoms with van der Waals surface area (Å²) in [5, 5.41) is 15.5. The lowest BCUT2D eigenvalue weighted by Crippen LogP contribution is -2.42. The fourth-order valence-corrected chi connectivity index (χ4v) is 1.65. The van der Waals surface area contributed by atoms with E-state index in [1.54, 1.807) is 18.2 Å². The molecule has 0 aromatic heterocycles. The normalized spacial score (nSPS) is 12.2. The quantitative estimate of drug-likeness (QED) is 0.710. The molecule has 3 N–H and O–H groups in total. The van der Waals surface area contributed by atoms with E-state index in [-0.39, 0.29) is 17.7 Å². The van der Waals surface area contributed by atoms with Gasteiger partial charge in [0.15, 0.2) is 11.5 Å². The Balaban J connectivity index is 2.48. The van der Waals surface area contributed by atoms with Gasteiger partial charge in [-0.25, -0.2) is 0 Å². The van der Waals surface area contributed by atoms with E-state index in [9.17, 15) is 9.90 Å². The third-order valence-corrected chi connectivity index (χ3v) is 2.93. The van der Waals surface area contributed by atoms with Crippen LogP contribution in [-0.2, 0) is 11.3 Å². The van der Waals surface area contributed by atoms with Crippen molar-refractivity contribution in [2.75, 3.05) is 13.7 Å². The average molecular weight is 280 g/mol. The van der Waals surface area contributed by atoms with Crippen LogP contribution >= 0.6 is 0 Å². The van der Waals surface area contributed by atoms with Crippen molar-refractivity contribution in [3.8, 4) is 11.5 Å². The van der Waals surface area contributed by atoms with Crippen LogP contribution in [-0.4, -0.2) is 30.7 Å². The molecule has 5 heteroatoms. The third-order valence-electron chi connectivity index (χ3n) is 2.93. The van der Waals surface area contributed by atoms with Crippen LogP contribution in [0.25, 0.3) is 0 Å². The monoisotopic (exact) mass is 280 g/mol. The molecule has 0 heterocycles. The summed E-state index contributed by atoms with van der Waals surface area (Å²) in [5.74, 6) is 0.970. The molecule has 20 heavy (non-hydrogen) atoms. The molecule has 112 valence electrons. The molecule has 0 radical (unpaired) electrons. The Hall–Kier alpha value is -1.75. The zero-order valence-electron chi connectivity index (χ0n) is 12.6. The number of hydrogen-bond acceptors (Lipinski definition) is 4. The lowest BCUT2D eigenvalue weighted by molar-refractivity contribution is -0.122. The molecule has 0 saturated heterocycles. The zero-order chi connectivity index (χ0) is 15.1. The second-order valence-electron chi connectivity index (χ2n) is 5.25. The second kappa shape index (κ2) is 7.75. The lowest BCUT2D eigenvalue weighted by atomic mass is 10.2. The van der Waals surface area contributed by atoms with Gasteiger partial charge in [0.05, 0.1) is 13.2 Å². The summed E-state index contributed by atoms with van der Waals surface area (Å²) >= 11 is 0. The van der Waals surface area contributed by atoms with Gasteiger partial charge in [-0.1, -0.05) is 19.9 Å². The number of hydrogen-bond donors (Lipinski definition) is 3. The number of benzene rings is 1. The van der Waals surface area contributed by atoms with Crippen LogP contribution < -0.4 is 15.4 Å². The molecule has 1 unspecified atom stereocenters. The Kier molecular flexibility index (Phi) is 6.31. The molecule has 0 fully saturated rings. The number of carbonyl (C=O) groups is 1. The number of amides is 1. The van der Waals surface area contributed by atoms with Gasteiger partial charge in [-0.15, -0.1) is 0 Å². The highest BCUT2D eigenvalue weighted by molar-refractivity contribution is 5.81. The van der Waals surface area contributed by atoms with E-state index in [0.29, 0.717) is 24.8 Å². The number of aromatic hydroxyl groups is 1. The Labute approximate surface area is 120 Å². The number of carbonyl (C=O) groups excluding carboxylic acids is 1. The number of rotatable bonds is 7. The standard InChI is InChI=1S/C15H24N2O3/c1-10(2)8-17-15(19)11(3)16-9-12-5-6-13(18)14(7-12)20-4/h5-7,10-11,16,18H,8-9H2,1-4H3,(H,17,19). The molecule has 0 aliphatic rings. The van der Waals surface area contributed by atoms with Gasteiger partial charge in [0.25, 0.3) is 0 Å². The van der Waals surface area contributed by atoms with E-state index < -0.39 is 0 Å². The summed E-state index contributed by atoms with van der Waals surface area (Å²) in [7, 11) is 1.51. The first-order chi connectivity index (χ1) is 9.43. The van der Waals surface area contributed by atoms with Gasteiger partial charge >= 0.3 is 0 Å². The minimum absolute atomic E-state index is 0.00977. The van der Waals surface area contributed by atoms with E-state index in [0.717, 1.165) is 5.56 Å². The summed E-state index contributed by atoms with van der Waals surface area (Å²) in [6, 6.07) is 4.86. The first-order valence-corrected chi connectivity index (χ1v) is 6.81. The molecular weight excluding hydrogens is 256 g/mol. The molecule has 5 nitrogen and oxygen atoms in total. The smallest absolute Gasteiger partial charge is 0.236 e. The van der Waals surface area contributed by atoms with Crippen LogP contribution in [0.1, 0.15) is 26.3 Å². The summed E-state index contributed by atoms with van der Waals surface area (Å²) in [6.45, 7) is 7.15. The Morgan fingerprint density at radius 1 is 1.35 bits per heavy atom. The van der Waals surface area contributed by atoms with Crippen molar-refractivity contribution < 1.29 is 14.6 Å². The number of ether oxygens (including phenoxy) is 1. The van der Waals surface area contributed by atoms with E-state index in [1.807, 2.05) is 6.92 Å². The summed E-state index contributed by atoms with van der Waals surface area (Å²) in [6.07, 6.45) is 0. The van der Waals surface area contributed by atoms with Crippen molar-refractivity contribution in [1.82, 2.24) is 10.6 Å². The highest BCUT2D eigenvalue weighted by Gasteiger charge is 2.12.